The van der Waals surface area contributed by atoms with Crippen molar-refractivity contribution >= 4 is 45.9 Å². The van der Waals surface area contributed by atoms with Gasteiger partial charge in [-0.1, -0.05) is 15.9 Å². The van der Waals surface area contributed by atoms with Gasteiger partial charge in [0, 0.05) is 36.2 Å². The van der Waals surface area contributed by atoms with Crippen LogP contribution in [0.5, 0.6) is 5.75 Å². The van der Waals surface area contributed by atoms with E-state index in [0.29, 0.717) is 6.54 Å². The zero-order valence-corrected chi connectivity index (χ0v) is 19.9. The molecule has 0 spiro atoms. The average molecular weight is 564 g/mol. The van der Waals surface area contributed by atoms with E-state index in [2.05, 4.69) is 26.6 Å². The summed E-state index contributed by atoms with van der Waals surface area (Å²) in [5.41, 5.74) is 1.02. The summed E-state index contributed by atoms with van der Waals surface area (Å²) in [6.45, 7) is 2.85. The van der Waals surface area contributed by atoms with Crippen molar-refractivity contribution in [3.8, 4) is 5.75 Å². The molecule has 2 N–H and O–H groups in total. The highest BCUT2D eigenvalue weighted by atomic mass is 127. The fourth-order valence-electron chi connectivity index (χ4n) is 2.98. The third-order valence-corrected chi connectivity index (χ3v) is 4.91. The van der Waals surface area contributed by atoms with Crippen LogP contribution < -0.4 is 15.4 Å². The molecule has 3 rings (SSSR count). The lowest BCUT2D eigenvalue weighted by molar-refractivity contribution is 0.114. The number of guanidine groups is 1. The van der Waals surface area contributed by atoms with E-state index in [1.165, 1.54) is 0 Å². The summed E-state index contributed by atoms with van der Waals surface area (Å²) in [5, 5.41) is 6.77. The van der Waals surface area contributed by atoms with Crippen molar-refractivity contribution in [3.05, 3.63) is 52.4 Å². The fourth-order valence-corrected chi connectivity index (χ4v) is 3.39. The van der Waals surface area contributed by atoms with Crippen LogP contribution in [0.2, 0.25) is 0 Å². The van der Waals surface area contributed by atoms with Crippen molar-refractivity contribution in [1.82, 2.24) is 10.6 Å². The van der Waals surface area contributed by atoms with E-state index < -0.39 is 0 Å². The number of furan rings is 1. The summed E-state index contributed by atoms with van der Waals surface area (Å²) in [7, 11) is 1.68. The number of rotatable bonds is 8. The highest BCUT2D eigenvalue weighted by Crippen LogP contribution is 2.23. The first kappa shape index (κ1) is 23.0. The number of benzene rings is 1. The molecule has 0 aliphatic carbocycles. The topological polar surface area (TPSA) is 68.0 Å². The van der Waals surface area contributed by atoms with Crippen molar-refractivity contribution in [3.63, 3.8) is 0 Å². The Morgan fingerprint density at radius 1 is 1.32 bits per heavy atom. The van der Waals surface area contributed by atoms with E-state index in [9.17, 15) is 0 Å². The van der Waals surface area contributed by atoms with Gasteiger partial charge in [0.05, 0.1) is 26.0 Å². The van der Waals surface area contributed by atoms with Gasteiger partial charge in [-0.25, -0.2) is 4.99 Å². The molecule has 28 heavy (non-hydrogen) atoms. The van der Waals surface area contributed by atoms with Crippen LogP contribution in [0.1, 0.15) is 24.2 Å². The number of halogens is 2. The predicted molar refractivity (Wildman–Crippen MR) is 125 cm³/mol. The van der Waals surface area contributed by atoms with Gasteiger partial charge in [0.25, 0.3) is 0 Å². The predicted octanol–water partition coefficient (Wildman–Crippen LogP) is 4.13. The molecule has 1 aliphatic rings. The summed E-state index contributed by atoms with van der Waals surface area (Å²) in [4.78, 5) is 4.73. The van der Waals surface area contributed by atoms with E-state index in [4.69, 9.17) is 18.9 Å². The molecule has 0 bridgehead atoms. The van der Waals surface area contributed by atoms with E-state index in [1.54, 1.807) is 13.4 Å². The molecule has 0 radical (unpaired) electrons. The Hall–Kier alpha value is -1.26. The molecule has 1 atom stereocenters. The number of hydrogen-bond acceptors (Lipinski definition) is 4. The molecule has 1 saturated heterocycles. The van der Waals surface area contributed by atoms with Gasteiger partial charge in [-0.2, -0.15) is 0 Å². The number of nitrogens with zero attached hydrogens (tertiary/aromatic N) is 1. The van der Waals surface area contributed by atoms with Crippen molar-refractivity contribution in [2.45, 2.75) is 31.9 Å². The van der Waals surface area contributed by atoms with Gasteiger partial charge >= 0.3 is 0 Å². The first-order chi connectivity index (χ1) is 13.2. The van der Waals surface area contributed by atoms with Crippen LogP contribution in [0.15, 0.2) is 50.5 Å². The molecule has 8 heteroatoms. The molecule has 2 heterocycles. The molecule has 1 unspecified atom stereocenters. The monoisotopic (exact) mass is 563 g/mol. The third kappa shape index (κ3) is 7.29. The van der Waals surface area contributed by atoms with E-state index in [0.717, 1.165) is 66.5 Å². The highest BCUT2D eigenvalue weighted by Gasteiger charge is 2.15. The maximum Gasteiger partial charge on any atom is 0.191 e. The second-order valence-electron chi connectivity index (χ2n) is 6.39. The molecule has 1 fully saturated rings. The third-order valence-electron chi connectivity index (χ3n) is 4.42. The molecular weight excluding hydrogens is 537 g/mol. The van der Waals surface area contributed by atoms with Gasteiger partial charge in [-0.3, -0.25) is 0 Å². The number of methoxy groups -OCH3 is 1. The van der Waals surface area contributed by atoms with Gasteiger partial charge < -0.3 is 24.5 Å². The first-order valence-electron chi connectivity index (χ1n) is 9.23. The second-order valence-corrected chi connectivity index (χ2v) is 7.31. The van der Waals surface area contributed by atoms with Gasteiger partial charge in [0.1, 0.15) is 11.5 Å². The molecule has 0 amide bonds. The molecule has 1 aliphatic heterocycles. The average Bonchev–Trinajstić information content (AvgIpc) is 3.37. The summed E-state index contributed by atoms with van der Waals surface area (Å²) >= 11 is 3.51. The molecule has 154 valence electrons. The van der Waals surface area contributed by atoms with Crippen molar-refractivity contribution in [2.75, 3.05) is 26.8 Å². The van der Waals surface area contributed by atoms with E-state index in [1.807, 2.05) is 30.3 Å². The number of aliphatic imine (C=N–C) groups is 1. The Morgan fingerprint density at radius 3 is 2.93 bits per heavy atom. The van der Waals surface area contributed by atoms with Crippen LogP contribution in [0.4, 0.5) is 0 Å². The largest absolute Gasteiger partial charge is 0.496 e. The number of nitrogens with one attached hydrogen (secondary N) is 2. The van der Waals surface area contributed by atoms with Gasteiger partial charge in [0.15, 0.2) is 5.96 Å². The first-order valence-corrected chi connectivity index (χ1v) is 10.0. The van der Waals surface area contributed by atoms with E-state index in [-0.39, 0.29) is 30.1 Å². The van der Waals surface area contributed by atoms with Gasteiger partial charge in [-0.05, 0) is 43.2 Å². The van der Waals surface area contributed by atoms with Gasteiger partial charge in [0.2, 0.25) is 0 Å². The minimum Gasteiger partial charge on any atom is -0.496 e. The molecule has 2 aromatic rings. The maximum absolute atomic E-state index is 5.70. The van der Waals surface area contributed by atoms with Crippen LogP contribution in [0, 0.1) is 0 Å². The van der Waals surface area contributed by atoms with Crippen LogP contribution in [0.25, 0.3) is 0 Å². The maximum atomic E-state index is 5.70. The standard InChI is InChI=1S/C20H26BrN3O3.HI/c1-25-19-7-6-16(21)12-15(19)13-23-20(24-14-18-5-3-11-27-18)22-9-8-17-4-2-10-26-17;/h2,4,6-7,10,12,18H,3,5,8-9,11,13-14H2,1H3,(H2,22,23,24);1H. The van der Waals surface area contributed by atoms with Crippen LogP contribution in [0.3, 0.4) is 0 Å². The minimum absolute atomic E-state index is 0. The van der Waals surface area contributed by atoms with Crippen LogP contribution >= 0.6 is 39.9 Å². The lowest BCUT2D eigenvalue weighted by atomic mass is 10.2. The zero-order chi connectivity index (χ0) is 18.9. The SMILES string of the molecule is COc1ccc(Br)cc1CN=C(NCCc1ccco1)NCC1CCCO1.I. The summed E-state index contributed by atoms with van der Waals surface area (Å²) < 4.78 is 17.5. The van der Waals surface area contributed by atoms with E-state index >= 15 is 0 Å². The van der Waals surface area contributed by atoms with Crippen LogP contribution in [-0.4, -0.2) is 38.9 Å². The Balaban J connectivity index is 0.00000280. The quantitative estimate of drug-likeness (QED) is 0.287. The number of hydrogen-bond donors (Lipinski definition) is 2. The van der Waals surface area contributed by atoms with Crippen molar-refractivity contribution in [1.29, 1.82) is 0 Å². The number of ether oxygens (including phenoxy) is 2. The minimum atomic E-state index is 0. The van der Waals surface area contributed by atoms with Crippen molar-refractivity contribution in [2.24, 2.45) is 4.99 Å². The Labute approximate surface area is 191 Å². The van der Waals surface area contributed by atoms with Crippen molar-refractivity contribution < 1.29 is 13.9 Å². The molecule has 1 aromatic carbocycles. The summed E-state index contributed by atoms with van der Waals surface area (Å²) in [6.07, 6.45) is 4.96. The van der Waals surface area contributed by atoms with Crippen LogP contribution in [-0.2, 0) is 17.7 Å². The Kier molecular flexibility index (Phi) is 10.1. The Bertz CT molecular complexity index is 734. The summed E-state index contributed by atoms with van der Waals surface area (Å²) in [5.74, 6) is 2.55. The zero-order valence-electron chi connectivity index (χ0n) is 15.9. The van der Waals surface area contributed by atoms with Gasteiger partial charge in [-0.15, -0.1) is 24.0 Å². The molecule has 6 nitrogen and oxygen atoms in total. The molecule has 0 saturated carbocycles. The second kappa shape index (κ2) is 12.3. The molecular formula is C20H27BrIN3O3. The molecule has 1 aromatic heterocycles. The smallest absolute Gasteiger partial charge is 0.191 e. The summed E-state index contributed by atoms with van der Waals surface area (Å²) in [6, 6.07) is 9.82. The lowest BCUT2D eigenvalue weighted by Crippen LogP contribution is -2.41. The fraction of sp³-hybridized carbons (Fsp3) is 0.450. The lowest BCUT2D eigenvalue weighted by Gasteiger charge is -2.16. The Morgan fingerprint density at radius 2 is 2.21 bits per heavy atom. The highest BCUT2D eigenvalue weighted by molar-refractivity contribution is 14.0. The normalized spacial score (nSPS) is 16.5.